The molecule has 1 fully saturated rings. The van der Waals surface area contributed by atoms with Crippen LogP contribution in [0.1, 0.15) is 19.3 Å². The molecular formula is C8H15F2NO. The zero-order chi connectivity index (χ0) is 9.19. The number of halogens is 2. The van der Waals surface area contributed by atoms with Gasteiger partial charge in [-0.25, -0.2) is 8.78 Å². The van der Waals surface area contributed by atoms with Gasteiger partial charge in [-0.3, -0.25) is 0 Å². The first-order valence-electron chi connectivity index (χ1n) is 4.23. The van der Waals surface area contributed by atoms with Gasteiger partial charge in [-0.1, -0.05) is 0 Å². The summed E-state index contributed by atoms with van der Waals surface area (Å²) < 4.78 is 24.7. The third-order valence-corrected chi connectivity index (χ3v) is 2.42. The molecule has 0 aliphatic heterocycles. The standard InChI is InChI=1S/C8H15F2NO/c1-11-7(5-12)2-6-3-8(9,10)4-6/h6-7,11-12H,2-5H2,1H3. The van der Waals surface area contributed by atoms with Crippen LogP contribution in [-0.2, 0) is 0 Å². The average molecular weight is 179 g/mol. The molecule has 0 amide bonds. The molecule has 12 heavy (non-hydrogen) atoms. The quantitative estimate of drug-likeness (QED) is 0.674. The summed E-state index contributed by atoms with van der Waals surface area (Å²) in [5.41, 5.74) is 0. The van der Waals surface area contributed by atoms with E-state index in [2.05, 4.69) is 5.32 Å². The Morgan fingerprint density at radius 2 is 2.17 bits per heavy atom. The number of rotatable bonds is 4. The molecule has 0 aromatic heterocycles. The smallest absolute Gasteiger partial charge is 0.248 e. The number of nitrogens with one attached hydrogen (secondary N) is 1. The largest absolute Gasteiger partial charge is 0.395 e. The predicted molar refractivity (Wildman–Crippen MR) is 42.2 cm³/mol. The molecule has 1 aliphatic carbocycles. The molecule has 0 aromatic rings. The van der Waals surface area contributed by atoms with Gasteiger partial charge in [0.1, 0.15) is 0 Å². The van der Waals surface area contributed by atoms with Crippen LogP contribution in [0.3, 0.4) is 0 Å². The molecule has 0 saturated heterocycles. The van der Waals surface area contributed by atoms with Crippen molar-refractivity contribution in [2.75, 3.05) is 13.7 Å². The highest BCUT2D eigenvalue weighted by atomic mass is 19.3. The van der Waals surface area contributed by atoms with Crippen molar-refractivity contribution < 1.29 is 13.9 Å². The van der Waals surface area contributed by atoms with Gasteiger partial charge in [-0.2, -0.15) is 0 Å². The highest BCUT2D eigenvalue weighted by Crippen LogP contribution is 2.44. The Balaban J connectivity index is 2.17. The summed E-state index contributed by atoms with van der Waals surface area (Å²) in [5, 5.41) is 11.7. The lowest BCUT2D eigenvalue weighted by Crippen LogP contribution is -2.40. The molecule has 0 spiro atoms. The number of hydrogen-bond donors (Lipinski definition) is 2. The summed E-state index contributed by atoms with van der Waals surface area (Å²) in [4.78, 5) is 0. The Morgan fingerprint density at radius 1 is 1.58 bits per heavy atom. The van der Waals surface area contributed by atoms with E-state index in [-0.39, 0.29) is 31.4 Å². The summed E-state index contributed by atoms with van der Waals surface area (Å²) in [6.07, 6.45) is 0.638. The van der Waals surface area contributed by atoms with Gasteiger partial charge in [-0.15, -0.1) is 0 Å². The predicted octanol–water partition coefficient (Wildman–Crippen LogP) is 1.00. The van der Waals surface area contributed by atoms with Crippen LogP contribution in [0.25, 0.3) is 0 Å². The van der Waals surface area contributed by atoms with Gasteiger partial charge in [0.2, 0.25) is 5.92 Å². The molecule has 0 aromatic carbocycles. The summed E-state index contributed by atoms with van der Waals surface area (Å²) >= 11 is 0. The second-order valence-electron chi connectivity index (χ2n) is 3.53. The lowest BCUT2D eigenvalue weighted by molar-refractivity contribution is -0.114. The normalized spacial score (nSPS) is 25.0. The van der Waals surface area contributed by atoms with Crippen LogP contribution < -0.4 is 5.32 Å². The molecular weight excluding hydrogens is 164 g/mol. The number of aliphatic hydroxyl groups is 1. The van der Waals surface area contributed by atoms with E-state index in [1.807, 2.05) is 0 Å². The molecule has 1 unspecified atom stereocenters. The van der Waals surface area contributed by atoms with E-state index in [0.29, 0.717) is 6.42 Å². The summed E-state index contributed by atoms with van der Waals surface area (Å²) in [5.74, 6) is -2.34. The molecule has 1 atom stereocenters. The van der Waals surface area contributed by atoms with Gasteiger partial charge in [0.25, 0.3) is 0 Å². The van der Waals surface area contributed by atoms with Gasteiger partial charge >= 0.3 is 0 Å². The summed E-state index contributed by atoms with van der Waals surface area (Å²) in [6.45, 7) is 0.0264. The minimum atomic E-state index is -2.43. The van der Waals surface area contributed by atoms with E-state index >= 15 is 0 Å². The SMILES string of the molecule is CNC(CO)CC1CC(F)(F)C1. The van der Waals surface area contributed by atoms with E-state index in [4.69, 9.17) is 5.11 Å². The Morgan fingerprint density at radius 3 is 2.50 bits per heavy atom. The van der Waals surface area contributed by atoms with Crippen molar-refractivity contribution in [1.29, 1.82) is 0 Å². The third kappa shape index (κ3) is 2.38. The highest BCUT2D eigenvalue weighted by molar-refractivity contribution is 4.88. The Kier molecular flexibility index (Phi) is 3.01. The van der Waals surface area contributed by atoms with Crippen LogP contribution >= 0.6 is 0 Å². The van der Waals surface area contributed by atoms with Crippen molar-refractivity contribution in [2.45, 2.75) is 31.2 Å². The Bertz CT molecular complexity index is 140. The maximum atomic E-state index is 12.4. The van der Waals surface area contributed by atoms with Crippen LogP contribution in [-0.4, -0.2) is 30.7 Å². The fourth-order valence-electron chi connectivity index (χ4n) is 1.64. The van der Waals surface area contributed by atoms with Crippen LogP contribution in [0, 0.1) is 5.92 Å². The van der Waals surface area contributed by atoms with Crippen molar-refractivity contribution in [1.82, 2.24) is 5.32 Å². The Hall–Kier alpha value is -0.220. The Labute approximate surface area is 71.0 Å². The molecule has 2 N–H and O–H groups in total. The van der Waals surface area contributed by atoms with E-state index in [1.54, 1.807) is 7.05 Å². The van der Waals surface area contributed by atoms with Crippen LogP contribution in [0.5, 0.6) is 0 Å². The number of likely N-dealkylation sites (N-methyl/N-ethyl adjacent to an activating group) is 1. The van der Waals surface area contributed by atoms with E-state index in [0.717, 1.165) is 0 Å². The molecule has 4 heteroatoms. The maximum absolute atomic E-state index is 12.4. The zero-order valence-electron chi connectivity index (χ0n) is 7.19. The van der Waals surface area contributed by atoms with Gasteiger partial charge in [0, 0.05) is 18.9 Å². The molecule has 1 rings (SSSR count). The molecule has 1 aliphatic rings. The van der Waals surface area contributed by atoms with Crippen molar-refractivity contribution >= 4 is 0 Å². The summed E-state index contributed by atoms with van der Waals surface area (Å²) in [6, 6.07) is -0.0221. The topological polar surface area (TPSA) is 32.3 Å². The molecule has 0 radical (unpaired) electrons. The minimum absolute atomic E-state index is 0.00875. The molecule has 2 nitrogen and oxygen atoms in total. The van der Waals surface area contributed by atoms with Crippen molar-refractivity contribution in [3.8, 4) is 0 Å². The van der Waals surface area contributed by atoms with Crippen molar-refractivity contribution in [3.63, 3.8) is 0 Å². The lowest BCUT2D eigenvalue weighted by Gasteiger charge is -2.36. The van der Waals surface area contributed by atoms with Crippen molar-refractivity contribution in [2.24, 2.45) is 5.92 Å². The second-order valence-corrected chi connectivity index (χ2v) is 3.53. The van der Waals surface area contributed by atoms with E-state index in [1.165, 1.54) is 0 Å². The van der Waals surface area contributed by atoms with Crippen LogP contribution in [0.4, 0.5) is 8.78 Å². The number of alkyl halides is 2. The van der Waals surface area contributed by atoms with Crippen LogP contribution in [0.15, 0.2) is 0 Å². The van der Waals surface area contributed by atoms with E-state index in [9.17, 15) is 8.78 Å². The maximum Gasteiger partial charge on any atom is 0.248 e. The van der Waals surface area contributed by atoms with Gasteiger partial charge in [-0.05, 0) is 19.4 Å². The number of aliphatic hydroxyl groups excluding tert-OH is 1. The monoisotopic (exact) mass is 179 g/mol. The van der Waals surface area contributed by atoms with Gasteiger partial charge in [0.05, 0.1) is 6.61 Å². The van der Waals surface area contributed by atoms with Crippen molar-refractivity contribution in [3.05, 3.63) is 0 Å². The molecule has 0 bridgehead atoms. The molecule has 72 valence electrons. The van der Waals surface area contributed by atoms with E-state index < -0.39 is 5.92 Å². The number of hydrogen-bond acceptors (Lipinski definition) is 2. The zero-order valence-corrected chi connectivity index (χ0v) is 7.19. The first-order chi connectivity index (χ1) is 5.57. The highest BCUT2D eigenvalue weighted by Gasteiger charge is 2.45. The minimum Gasteiger partial charge on any atom is -0.395 e. The second kappa shape index (κ2) is 3.66. The van der Waals surface area contributed by atoms with Crippen LogP contribution in [0.2, 0.25) is 0 Å². The fraction of sp³-hybridized carbons (Fsp3) is 1.00. The molecule has 1 saturated carbocycles. The molecule has 0 heterocycles. The fourth-order valence-corrected chi connectivity index (χ4v) is 1.64. The van der Waals surface area contributed by atoms with Gasteiger partial charge < -0.3 is 10.4 Å². The first kappa shape index (κ1) is 9.86. The lowest BCUT2D eigenvalue weighted by atomic mass is 9.77. The van der Waals surface area contributed by atoms with Gasteiger partial charge in [0.15, 0.2) is 0 Å². The first-order valence-corrected chi connectivity index (χ1v) is 4.23. The summed E-state index contributed by atoms with van der Waals surface area (Å²) in [7, 11) is 1.73. The third-order valence-electron chi connectivity index (χ3n) is 2.42. The average Bonchev–Trinajstić information content (AvgIpc) is 1.96.